The van der Waals surface area contributed by atoms with Crippen molar-refractivity contribution in [1.29, 1.82) is 0 Å². The molecule has 0 aliphatic rings. The SMILES string of the molecule is CC(=O)NNC(=O)[C@H](C)NC(C)=O. The van der Waals surface area contributed by atoms with Crippen molar-refractivity contribution in [1.82, 2.24) is 16.2 Å². The van der Waals surface area contributed by atoms with Gasteiger partial charge in [-0.3, -0.25) is 25.2 Å². The van der Waals surface area contributed by atoms with Crippen LogP contribution >= 0.6 is 0 Å². The van der Waals surface area contributed by atoms with Crippen LogP contribution in [0.15, 0.2) is 0 Å². The third-order valence-corrected chi connectivity index (χ3v) is 1.17. The largest absolute Gasteiger partial charge is 0.345 e. The van der Waals surface area contributed by atoms with Gasteiger partial charge in [-0.25, -0.2) is 0 Å². The fourth-order valence-electron chi connectivity index (χ4n) is 0.628. The van der Waals surface area contributed by atoms with Crippen molar-refractivity contribution in [2.45, 2.75) is 26.8 Å². The molecule has 0 radical (unpaired) electrons. The lowest BCUT2D eigenvalue weighted by atomic mass is 10.3. The lowest BCUT2D eigenvalue weighted by Crippen LogP contribution is -2.50. The Morgan fingerprint density at radius 3 is 1.92 bits per heavy atom. The lowest BCUT2D eigenvalue weighted by molar-refractivity contribution is -0.130. The molecule has 6 heteroatoms. The third-order valence-electron chi connectivity index (χ3n) is 1.17. The topological polar surface area (TPSA) is 87.3 Å². The highest BCUT2D eigenvalue weighted by atomic mass is 16.2. The molecule has 3 N–H and O–H groups in total. The first kappa shape index (κ1) is 11.4. The van der Waals surface area contributed by atoms with E-state index in [1.165, 1.54) is 20.8 Å². The van der Waals surface area contributed by atoms with Crippen LogP contribution in [-0.4, -0.2) is 23.8 Å². The van der Waals surface area contributed by atoms with Crippen molar-refractivity contribution in [3.8, 4) is 0 Å². The molecule has 0 bridgehead atoms. The normalized spacial score (nSPS) is 11.3. The van der Waals surface area contributed by atoms with E-state index in [2.05, 4.69) is 16.2 Å². The van der Waals surface area contributed by atoms with E-state index in [1.807, 2.05) is 0 Å². The fraction of sp³-hybridized carbons (Fsp3) is 0.571. The molecule has 0 unspecified atom stereocenters. The number of amides is 3. The molecule has 0 saturated carbocycles. The number of rotatable bonds is 2. The van der Waals surface area contributed by atoms with Crippen LogP contribution in [-0.2, 0) is 14.4 Å². The van der Waals surface area contributed by atoms with Crippen LogP contribution in [0.5, 0.6) is 0 Å². The smallest absolute Gasteiger partial charge is 0.260 e. The molecule has 0 aliphatic heterocycles. The zero-order valence-electron chi connectivity index (χ0n) is 7.80. The number of hydrazine groups is 1. The van der Waals surface area contributed by atoms with Gasteiger partial charge in [-0.15, -0.1) is 0 Å². The standard InChI is InChI=1S/C7H13N3O3/c1-4(8-5(2)11)7(13)10-9-6(3)12/h4H,1-3H3,(H,8,11)(H,9,12)(H,10,13)/t4-/m0/s1. The van der Waals surface area contributed by atoms with E-state index in [0.29, 0.717) is 0 Å². The van der Waals surface area contributed by atoms with Gasteiger partial charge in [-0.05, 0) is 6.92 Å². The number of hydrogen-bond acceptors (Lipinski definition) is 3. The quantitative estimate of drug-likeness (QED) is 0.468. The van der Waals surface area contributed by atoms with Crippen LogP contribution in [0.2, 0.25) is 0 Å². The van der Waals surface area contributed by atoms with Gasteiger partial charge < -0.3 is 5.32 Å². The predicted octanol–water partition coefficient (Wildman–Crippen LogP) is -1.32. The summed E-state index contributed by atoms with van der Waals surface area (Å²) in [4.78, 5) is 31.9. The Labute approximate surface area is 76.0 Å². The van der Waals surface area contributed by atoms with Gasteiger partial charge in [0.2, 0.25) is 11.8 Å². The van der Waals surface area contributed by atoms with E-state index in [1.54, 1.807) is 0 Å². The summed E-state index contributed by atoms with van der Waals surface area (Å²) in [5.41, 5.74) is 4.24. The lowest BCUT2D eigenvalue weighted by Gasteiger charge is -2.12. The summed E-state index contributed by atoms with van der Waals surface area (Å²) in [6, 6.07) is -0.663. The Bertz CT molecular complexity index is 227. The van der Waals surface area contributed by atoms with Crippen LogP contribution < -0.4 is 16.2 Å². The minimum Gasteiger partial charge on any atom is -0.345 e. The van der Waals surface area contributed by atoms with Crippen molar-refractivity contribution in [3.05, 3.63) is 0 Å². The Kier molecular flexibility index (Phi) is 4.50. The molecule has 3 amide bonds. The molecule has 74 valence electrons. The van der Waals surface area contributed by atoms with Crippen molar-refractivity contribution >= 4 is 17.7 Å². The van der Waals surface area contributed by atoms with Gasteiger partial charge in [-0.2, -0.15) is 0 Å². The van der Waals surface area contributed by atoms with Crippen LogP contribution in [0.3, 0.4) is 0 Å². The van der Waals surface area contributed by atoms with Gasteiger partial charge in [0.05, 0.1) is 0 Å². The van der Waals surface area contributed by atoms with Crippen LogP contribution in [0.25, 0.3) is 0 Å². The van der Waals surface area contributed by atoms with E-state index >= 15 is 0 Å². The van der Waals surface area contributed by atoms with Gasteiger partial charge in [0.15, 0.2) is 0 Å². The maximum atomic E-state index is 11.0. The zero-order chi connectivity index (χ0) is 10.4. The molecule has 0 aromatic carbocycles. The molecular weight excluding hydrogens is 174 g/mol. The highest BCUT2D eigenvalue weighted by Gasteiger charge is 2.12. The zero-order valence-corrected chi connectivity index (χ0v) is 7.80. The van der Waals surface area contributed by atoms with Crippen molar-refractivity contribution < 1.29 is 14.4 Å². The van der Waals surface area contributed by atoms with Crippen LogP contribution in [0, 0.1) is 0 Å². The van der Waals surface area contributed by atoms with Gasteiger partial charge in [0.25, 0.3) is 5.91 Å². The van der Waals surface area contributed by atoms with Crippen molar-refractivity contribution in [3.63, 3.8) is 0 Å². The Hall–Kier alpha value is -1.59. The summed E-state index contributed by atoms with van der Waals surface area (Å²) in [6.07, 6.45) is 0. The summed E-state index contributed by atoms with van der Waals surface area (Å²) in [5.74, 6) is -1.14. The predicted molar refractivity (Wildman–Crippen MR) is 45.2 cm³/mol. The Morgan fingerprint density at radius 2 is 1.54 bits per heavy atom. The molecule has 0 aromatic heterocycles. The average Bonchev–Trinajstić information content (AvgIpc) is 1.98. The summed E-state index contributed by atoms with van der Waals surface area (Å²) >= 11 is 0. The summed E-state index contributed by atoms with van der Waals surface area (Å²) in [6.45, 7) is 4.09. The summed E-state index contributed by atoms with van der Waals surface area (Å²) in [7, 11) is 0. The Balaban J connectivity index is 3.82. The molecular formula is C7H13N3O3. The molecule has 0 aromatic rings. The van der Waals surface area contributed by atoms with E-state index in [-0.39, 0.29) is 11.8 Å². The molecule has 0 aliphatic carbocycles. The molecule has 13 heavy (non-hydrogen) atoms. The summed E-state index contributed by atoms with van der Waals surface area (Å²) in [5, 5.41) is 2.36. The average molecular weight is 187 g/mol. The monoisotopic (exact) mass is 187 g/mol. The van der Waals surface area contributed by atoms with E-state index in [9.17, 15) is 14.4 Å². The molecule has 0 saturated heterocycles. The van der Waals surface area contributed by atoms with Gasteiger partial charge in [0, 0.05) is 13.8 Å². The van der Waals surface area contributed by atoms with E-state index in [4.69, 9.17) is 0 Å². The molecule has 0 fully saturated rings. The van der Waals surface area contributed by atoms with Crippen molar-refractivity contribution in [2.24, 2.45) is 0 Å². The molecule has 0 rings (SSSR count). The number of carbonyl (C=O) groups excluding carboxylic acids is 3. The minimum absolute atomic E-state index is 0.300. The third kappa shape index (κ3) is 5.66. The number of hydrogen-bond donors (Lipinski definition) is 3. The Morgan fingerprint density at radius 1 is 1.00 bits per heavy atom. The number of carbonyl (C=O) groups is 3. The minimum atomic E-state index is -0.663. The fourth-order valence-corrected chi connectivity index (χ4v) is 0.628. The van der Waals surface area contributed by atoms with Crippen molar-refractivity contribution in [2.75, 3.05) is 0 Å². The molecule has 1 atom stereocenters. The number of nitrogens with one attached hydrogen (secondary N) is 3. The second-order valence-corrected chi connectivity index (χ2v) is 2.59. The summed E-state index contributed by atoms with van der Waals surface area (Å²) < 4.78 is 0. The van der Waals surface area contributed by atoms with Gasteiger partial charge >= 0.3 is 0 Å². The second-order valence-electron chi connectivity index (χ2n) is 2.59. The maximum Gasteiger partial charge on any atom is 0.260 e. The van der Waals surface area contributed by atoms with E-state index < -0.39 is 11.9 Å². The first-order valence-electron chi connectivity index (χ1n) is 3.77. The second kappa shape index (κ2) is 5.13. The highest BCUT2D eigenvalue weighted by Crippen LogP contribution is 1.79. The maximum absolute atomic E-state index is 11.0. The van der Waals surface area contributed by atoms with E-state index in [0.717, 1.165) is 0 Å². The molecule has 6 nitrogen and oxygen atoms in total. The van der Waals surface area contributed by atoms with Crippen LogP contribution in [0.1, 0.15) is 20.8 Å². The van der Waals surface area contributed by atoms with Gasteiger partial charge in [0.1, 0.15) is 6.04 Å². The van der Waals surface area contributed by atoms with Gasteiger partial charge in [-0.1, -0.05) is 0 Å². The molecule has 0 heterocycles. The first-order valence-corrected chi connectivity index (χ1v) is 3.77. The molecule has 0 spiro atoms. The highest BCUT2D eigenvalue weighted by molar-refractivity contribution is 5.87. The van der Waals surface area contributed by atoms with Crippen LogP contribution in [0.4, 0.5) is 0 Å². The first-order chi connectivity index (χ1) is 5.93.